The van der Waals surface area contributed by atoms with Crippen molar-refractivity contribution in [3.8, 4) is 0 Å². The van der Waals surface area contributed by atoms with E-state index in [0.29, 0.717) is 19.4 Å². The predicted molar refractivity (Wildman–Crippen MR) is 357 cm³/mol. The smallest absolute Gasteiger partial charge is 0.305 e. The van der Waals surface area contributed by atoms with E-state index in [4.69, 9.17) is 14.2 Å². The van der Waals surface area contributed by atoms with Gasteiger partial charge in [0.2, 0.25) is 5.91 Å². The van der Waals surface area contributed by atoms with Gasteiger partial charge in [-0.3, -0.25) is 9.59 Å². The number of rotatable bonds is 67. The van der Waals surface area contributed by atoms with E-state index in [1.165, 1.54) is 308 Å². The summed E-state index contributed by atoms with van der Waals surface area (Å²) in [4.78, 5) is 25.1. The zero-order valence-electron chi connectivity index (χ0n) is 56.1. The Kier molecular flexibility index (Phi) is 61.2. The van der Waals surface area contributed by atoms with Gasteiger partial charge in [0.05, 0.1) is 32.0 Å². The highest BCUT2D eigenvalue weighted by molar-refractivity contribution is 5.76. The van der Waals surface area contributed by atoms with Crippen LogP contribution < -0.4 is 5.32 Å². The molecule has 6 N–H and O–H groups in total. The number of aliphatic hydroxyl groups is 5. The average Bonchev–Trinajstić information content (AvgIpc) is 3.15. The topological polar surface area (TPSA) is 175 Å². The largest absolute Gasteiger partial charge is 0.466 e. The van der Waals surface area contributed by atoms with E-state index >= 15 is 0 Å². The molecule has 0 aromatic heterocycles. The van der Waals surface area contributed by atoms with Crippen molar-refractivity contribution in [2.45, 2.75) is 429 Å². The van der Waals surface area contributed by atoms with Crippen LogP contribution in [-0.2, 0) is 23.8 Å². The second-order valence-electron chi connectivity index (χ2n) is 26.4. The molecule has 7 atom stereocenters. The normalized spacial score (nSPS) is 17.9. The molecule has 11 heteroatoms. The van der Waals surface area contributed by atoms with Crippen molar-refractivity contribution >= 4 is 11.9 Å². The number of carbonyl (C=O) groups is 2. The number of nitrogens with one attached hydrogen (secondary N) is 1. The molecule has 1 aliphatic heterocycles. The Morgan fingerprint density at radius 1 is 0.424 bits per heavy atom. The summed E-state index contributed by atoms with van der Waals surface area (Å²) in [6.45, 7) is 4.37. The Morgan fingerprint density at radius 2 is 0.741 bits per heavy atom. The molecule has 504 valence electrons. The second-order valence-corrected chi connectivity index (χ2v) is 26.4. The number of hydrogen-bond donors (Lipinski definition) is 6. The summed E-state index contributed by atoms with van der Waals surface area (Å²) in [6, 6.07) is -0.805. The fraction of sp³-hybridized carbons (Fsp3) is 0.946. The molecule has 1 amide bonds. The minimum absolute atomic E-state index is 0.0172. The quantitative estimate of drug-likeness (QED) is 0.0195. The van der Waals surface area contributed by atoms with Crippen LogP contribution in [0, 0.1) is 0 Å². The van der Waals surface area contributed by atoms with Crippen LogP contribution >= 0.6 is 0 Å². The van der Waals surface area contributed by atoms with Crippen LogP contribution in [-0.4, -0.2) is 100 Å². The standard InChI is InChI=1S/C74H143NO10/c1-3-5-7-9-11-13-14-15-16-17-33-36-39-42-46-50-54-58-62-70(79)83-63-59-55-51-47-43-40-37-34-31-29-27-25-23-21-19-18-20-22-24-26-28-30-32-35-38-41-45-49-53-57-61-69(78)75-66(67(77)60-56-52-48-44-12-10-8-6-4-2)65-84-74-73(82)72(81)71(80)68(64-76)85-74/h56,60,66-68,71-74,76-77,80-82H,3-55,57-59,61-65H2,1-2H3,(H,75,78)/b60-56+. The molecule has 1 rings (SSSR count). The summed E-state index contributed by atoms with van der Waals surface area (Å²) < 4.78 is 16.7. The zero-order valence-corrected chi connectivity index (χ0v) is 56.1. The van der Waals surface area contributed by atoms with Crippen LogP contribution in [0.25, 0.3) is 0 Å². The lowest BCUT2D eigenvalue weighted by Crippen LogP contribution is -2.60. The maximum Gasteiger partial charge on any atom is 0.305 e. The summed E-state index contributed by atoms with van der Waals surface area (Å²) in [7, 11) is 0. The number of carbonyl (C=O) groups excluding carboxylic acids is 2. The van der Waals surface area contributed by atoms with Gasteiger partial charge in [0.15, 0.2) is 6.29 Å². The van der Waals surface area contributed by atoms with Crippen LogP contribution in [0.5, 0.6) is 0 Å². The van der Waals surface area contributed by atoms with Gasteiger partial charge < -0.3 is 45.1 Å². The van der Waals surface area contributed by atoms with Crippen molar-refractivity contribution in [1.29, 1.82) is 0 Å². The lowest BCUT2D eigenvalue weighted by atomic mass is 9.99. The van der Waals surface area contributed by atoms with Gasteiger partial charge in [-0.2, -0.15) is 0 Å². The number of ether oxygens (including phenoxy) is 3. The molecule has 0 aromatic rings. The molecule has 0 saturated carbocycles. The molecule has 85 heavy (non-hydrogen) atoms. The third kappa shape index (κ3) is 52.8. The Hall–Kier alpha value is -1.60. The van der Waals surface area contributed by atoms with Gasteiger partial charge in [0.25, 0.3) is 0 Å². The van der Waals surface area contributed by atoms with E-state index in [1.54, 1.807) is 6.08 Å². The second kappa shape index (κ2) is 63.9. The van der Waals surface area contributed by atoms with Crippen LogP contribution in [0.2, 0.25) is 0 Å². The predicted octanol–water partition coefficient (Wildman–Crippen LogP) is 19.4. The Balaban J connectivity index is 1.87. The minimum Gasteiger partial charge on any atom is -0.466 e. The van der Waals surface area contributed by atoms with Crippen LogP contribution in [0.3, 0.4) is 0 Å². The number of hydrogen-bond acceptors (Lipinski definition) is 10. The van der Waals surface area contributed by atoms with Gasteiger partial charge in [0, 0.05) is 12.8 Å². The van der Waals surface area contributed by atoms with E-state index in [1.807, 2.05) is 6.08 Å². The number of amides is 1. The van der Waals surface area contributed by atoms with E-state index in [0.717, 1.165) is 51.4 Å². The third-order valence-electron chi connectivity index (χ3n) is 18.2. The number of aliphatic hydroxyl groups excluding tert-OH is 5. The molecule has 0 aliphatic carbocycles. The monoisotopic (exact) mass is 1210 g/mol. The lowest BCUT2D eigenvalue weighted by molar-refractivity contribution is -0.302. The first-order valence-corrected chi connectivity index (χ1v) is 37.5. The van der Waals surface area contributed by atoms with Gasteiger partial charge in [-0.1, -0.05) is 353 Å². The number of esters is 1. The SMILES string of the molecule is CCCCCCCCC/C=C/C(O)C(COC1OC(CO)C(O)C(O)C1O)NC(=O)CCCCCCCCCCCCCCCCCCCCCCCCCCCCCCCCOC(=O)CCCCCCCCCCCCCCCCCCCC. The van der Waals surface area contributed by atoms with Crippen LogP contribution in [0.1, 0.15) is 386 Å². The molecule has 0 aromatic carbocycles. The maximum atomic E-state index is 13.0. The van der Waals surface area contributed by atoms with Crippen molar-refractivity contribution in [3.05, 3.63) is 12.2 Å². The molecule has 0 bridgehead atoms. The Morgan fingerprint density at radius 3 is 1.09 bits per heavy atom. The van der Waals surface area contributed by atoms with Crippen molar-refractivity contribution in [1.82, 2.24) is 5.32 Å². The highest BCUT2D eigenvalue weighted by atomic mass is 16.7. The van der Waals surface area contributed by atoms with Crippen LogP contribution in [0.4, 0.5) is 0 Å². The molecular formula is C74H143NO10. The van der Waals surface area contributed by atoms with Crippen molar-refractivity contribution < 1.29 is 49.3 Å². The maximum absolute atomic E-state index is 13.0. The Bertz CT molecular complexity index is 1420. The number of unbranched alkanes of at least 4 members (excludes halogenated alkanes) is 53. The van der Waals surface area contributed by atoms with Gasteiger partial charge in [-0.15, -0.1) is 0 Å². The van der Waals surface area contributed by atoms with E-state index in [-0.39, 0.29) is 18.5 Å². The molecule has 7 unspecified atom stereocenters. The Labute approximate surface area is 525 Å². The first kappa shape index (κ1) is 81.4. The molecular weight excluding hydrogens is 1060 g/mol. The van der Waals surface area contributed by atoms with Crippen molar-refractivity contribution in [2.24, 2.45) is 0 Å². The van der Waals surface area contributed by atoms with Gasteiger partial charge in [-0.05, 0) is 32.1 Å². The van der Waals surface area contributed by atoms with Gasteiger partial charge in [-0.25, -0.2) is 0 Å². The first-order chi connectivity index (χ1) is 41.7. The molecule has 1 aliphatic rings. The molecule has 1 saturated heterocycles. The first-order valence-electron chi connectivity index (χ1n) is 37.5. The summed E-state index contributed by atoms with van der Waals surface area (Å²) in [5.41, 5.74) is 0. The van der Waals surface area contributed by atoms with Crippen LogP contribution in [0.15, 0.2) is 12.2 Å². The van der Waals surface area contributed by atoms with Gasteiger partial charge >= 0.3 is 5.97 Å². The van der Waals surface area contributed by atoms with E-state index < -0.39 is 49.5 Å². The highest BCUT2D eigenvalue weighted by Crippen LogP contribution is 2.24. The zero-order chi connectivity index (χ0) is 61.6. The minimum atomic E-state index is -1.57. The fourth-order valence-corrected chi connectivity index (χ4v) is 12.3. The van der Waals surface area contributed by atoms with E-state index in [9.17, 15) is 35.1 Å². The third-order valence-corrected chi connectivity index (χ3v) is 18.2. The summed E-state index contributed by atoms with van der Waals surface area (Å²) in [5.74, 6) is -0.160. The molecule has 0 radical (unpaired) electrons. The van der Waals surface area contributed by atoms with Crippen molar-refractivity contribution in [2.75, 3.05) is 19.8 Å². The molecule has 11 nitrogen and oxygen atoms in total. The molecule has 1 heterocycles. The van der Waals surface area contributed by atoms with Crippen molar-refractivity contribution in [3.63, 3.8) is 0 Å². The summed E-state index contributed by atoms with van der Waals surface area (Å²) in [5, 5.41) is 54.3. The molecule has 1 fully saturated rings. The highest BCUT2D eigenvalue weighted by Gasteiger charge is 2.44. The van der Waals surface area contributed by atoms with Gasteiger partial charge in [0.1, 0.15) is 24.4 Å². The molecule has 0 spiro atoms. The number of allylic oxidation sites excluding steroid dienone is 1. The lowest BCUT2D eigenvalue weighted by Gasteiger charge is -2.40. The fourth-order valence-electron chi connectivity index (χ4n) is 12.3. The average molecular weight is 1210 g/mol. The summed E-state index contributed by atoms with van der Waals surface area (Å²) >= 11 is 0. The van der Waals surface area contributed by atoms with E-state index in [2.05, 4.69) is 19.2 Å². The summed E-state index contributed by atoms with van der Waals surface area (Å²) in [6.07, 6.45) is 69.6.